The second-order valence-corrected chi connectivity index (χ2v) is 36.8. The maximum Gasteiger partial charge on any atom is 0.195 e. The molecule has 15 heteroatoms. The minimum atomic E-state index is 0.479. The van der Waals surface area contributed by atoms with E-state index in [0.717, 1.165) is 232 Å². The Morgan fingerprint density at radius 2 is 0.413 bits per heavy atom. The summed E-state index contributed by atoms with van der Waals surface area (Å²) in [6.45, 7) is 8.25. The number of hydrogen-bond acceptors (Lipinski definition) is 8. The van der Waals surface area contributed by atoms with Crippen molar-refractivity contribution in [2.75, 3.05) is 0 Å². The number of nitriles is 8. The molecule has 0 saturated carbocycles. The molecule has 6 heterocycles. The molecule has 0 saturated heterocycles. The summed E-state index contributed by atoms with van der Waals surface area (Å²) in [6, 6.07) is 171. The van der Waals surface area contributed by atoms with Crippen LogP contribution in [0.15, 0.2) is 455 Å². The molecule has 0 N–H and O–H groups in total. The van der Waals surface area contributed by atoms with Crippen molar-refractivity contribution in [1.82, 2.24) is 27.4 Å². The second-order valence-electron chi connectivity index (χ2n) is 36.8. The Morgan fingerprint density at radius 3 is 0.733 bits per heavy atom. The third kappa shape index (κ3) is 14.7. The number of hydrogen-bond donors (Lipinski definition) is 0. The van der Waals surface area contributed by atoms with E-state index in [2.05, 4.69) is 287 Å². The fraction of sp³-hybridized carbons (Fsp3) is 0. The predicted molar refractivity (Wildman–Crippen MR) is 602 cm³/mol. The summed E-state index contributed by atoms with van der Waals surface area (Å²) >= 11 is 0. The van der Waals surface area contributed by atoms with E-state index in [9.17, 15) is 42.1 Å². The highest BCUT2D eigenvalue weighted by Crippen LogP contribution is 2.50. The van der Waals surface area contributed by atoms with Gasteiger partial charge in [-0.05, 0) is 256 Å². The van der Waals surface area contributed by atoms with Gasteiger partial charge >= 0.3 is 0 Å². The van der Waals surface area contributed by atoms with Crippen molar-refractivity contribution in [3.63, 3.8) is 0 Å². The first-order chi connectivity index (χ1) is 74.0. The Kier molecular flexibility index (Phi) is 22.0. The Bertz CT molecular complexity index is 10500. The number of fused-ring (bicyclic) bond motifs is 18. The Hall–Kier alpha value is -22.2. The number of benzene rings is 21. The molecule has 690 valence electrons. The average Bonchev–Trinajstić information content (AvgIpc) is 1.57. The van der Waals surface area contributed by atoms with Crippen LogP contribution in [0.5, 0.6) is 0 Å². The lowest BCUT2D eigenvalue weighted by atomic mass is 9.89. The quantitative estimate of drug-likeness (QED) is 0.107. The van der Waals surface area contributed by atoms with Gasteiger partial charge in [-0.2, -0.15) is 42.1 Å². The van der Waals surface area contributed by atoms with Gasteiger partial charge < -0.3 is 27.4 Å². The molecule has 0 fully saturated rings. The molecule has 0 spiro atoms. The van der Waals surface area contributed by atoms with Crippen LogP contribution in [0.25, 0.3) is 237 Å². The first-order valence-electron chi connectivity index (χ1n) is 48.8. The van der Waals surface area contributed by atoms with Gasteiger partial charge in [0.25, 0.3) is 0 Å². The van der Waals surface area contributed by atoms with E-state index in [4.69, 9.17) is 6.57 Å². The van der Waals surface area contributed by atoms with Crippen LogP contribution in [0.4, 0.5) is 5.69 Å². The zero-order chi connectivity index (χ0) is 101. The molecule has 15 nitrogen and oxygen atoms in total. The Labute approximate surface area is 860 Å². The van der Waals surface area contributed by atoms with Gasteiger partial charge in [0.15, 0.2) is 5.69 Å². The summed E-state index contributed by atoms with van der Waals surface area (Å²) in [7, 11) is 0. The molecular formula is C135H75N15. The molecule has 0 bridgehead atoms. The molecule has 27 aromatic rings. The highest BCUT2D eigenvalue weighted by Gasteiger charge is 2.29. The Balaban J connectivity index is 0.000000116. The fourth-order valence-corrected chi connectivity index (χ4v) is 22.4. The van der Waals surface area contributed by atoms with Crippen molar-refractivity contribution < 1.29 is 0 Å². The average molecular weight is 1910 g/mol. The van der Waals surface area contributed by atoms with E-state index in [0.29, 0.717) is 50.2 Å². The van der Waals surface area contributed by atoms with Gasteiger partial charge in [0.05, 0.1) is 183 Å². The number of aromatic nitrogens is 6. The van der Waals surface area contributed by atoms with Crippen LogP contribution < -0.4 is 0 Å². The molecule has 0 radical (unpaired) electrons. The highest BCUT2D eigenvalue weighted by molar-refractivity contribution is 6.17. The highest BCUT2D eigenvalue weighted by atomic mass is 15.0. The van der Waals surface area contributed by atoms with Crippen molar-refractivity contribution in [3.8, 4) is 149 Å². The van der Waals surface area contributed by atoms with Gasteiger partial charge in [0, 0.05) is 98.4 Å². The lowest BCUT2D eigenvalue weighted by Gasteiger charge is -2.20. The summed E-state index contributed by atoms with van der Waals surface area (Å²) in [4.78, 5) is 4.00. The van der Waals surface area contributed by atoms with Crippen LogP contribution in [0.2, 0.25) is 0 Å². The first-order valence-corrected chi connectivity index (χ1v) is 48.8. The predicted octanol–water partition coefficient (Wildman–Crippen LogP) is 33.2. The minimum absolute atomic E-state index is 0.479. The van der Waals surface area contributed by atoms with Crippen LogP contribution in [0, 0.1) is 97.2 Å². The number of para-hydroxylation sites is 9. The zero-order valence-corrected chi connectivity index (χ0v) is 80.0. The molecule has 0 atom stereocenters. The normalized spacial score (nSPS) is 11.1. The van der Waals surface area contributed by atoms with Crippen molar-refractivity contribution in [3.05, 3.63) is 511 Å². The van der Waals surface area contributed by atoms with E-state index in [1.54, 1.807) is 0 Å². The molecule has 0 unspecified atom stereocenters. The lowest BCUT2D eigenvalue weighted by molar-refractivity contribution is 1.18. The van der Waals surface area contributed by atoms with E-state index >= 15 is 0 Å². The maximum atomic E-state index is 10.5. The van der Waals surface area contributed by atoms with Crippen LogP contribution in [-0.2, 0) is 0 Å². The summed E-state index contributed by atoms with van der Waals surface area (Å²) in [6.07, 6.45) is 0. The van der Waals surface area contributed by atoms with E-state index in [-0.39, 0.29) is 0 Å². The van der Waals surface area contributed by atoms with Crippen molar-refractivity contribution in [2.45, 2.75) is 0 Å². The second kappa shape index (κ2) is 37.0. The molecule has 6 aromatic heterocycles. The zero-order valence-electron chi connectivity index (χ0n) is 80.0. The molecule has 0 aliphatic rings. The van der Waals surface area contributed by atoms with Gasteiger partial charge in [-0.25, -0.2) is 4.85 Å². The van der Waals surface area contributed by atoms with E-state index in [1.165, 1.54) is 0 Å². The largest absolute Gasteiger partial charge is 0.309 e. The van der Waals surface area contributed by atoms with Crippen LogP contribution >= 0.6 is 0 Å². The molecule has 21 aromatic carbocycles. The van der Waals surface area contributed by atoms with Crippen molar-refractivity contribution >= 4 is 137 Å². The van der Waals surface area contributed by atoms with Crippen LogP contribution in [0.1, 0.15) is 44.5 Å². The first kappa shape index (κ1) is 89.2. The number of rotatable bonds is 12. The van der Waals surface area contributed by atoms with Gasteiger partial charge in [-0.1, -0.05) is 249 Å². The topological polar surface area (TPSA) is 224 Å². The van der Waals surface area contributed by atoms with Gasteiger partial charge in [0.1, 0.15) is 0 Å². The molecule has 0 aliphatic heterocycles. The summed E-state index contributed by atoms with van der Waals surface area (Å²) in [5.74, 6) is 0. The molecule has 0 aliphatic carbocycles. The summed E-state index contributed by atoms with van der Waals surface area (Å²) < 4.78 is 13.3. The monoisotopic (exact) mass is 1910 g/mol. The van der Waals surface area contributed by atoms with Crippen LogP contribution in [-0.4, -0.2) is 27.4 Å². The fourth-order valence-electron chi connectivity index (χ4n) is 22.4. The lowest BCUT2D eigenvalue weighted by Crippen LogP contribution is -2.01. The molecule has 0 amide bonds. The third-order valence-corrected chi connectivity index (χ3v) is 28.9. The third-order valence-electron chi connectivity index (χ3n) is 28.9. The number of nitrogens with zero attached hydrogens (tertiary/aromatic N) is 15. The van der Waals surface area contributed by atoms with Gasteiger partial charge in [-0.15, -0.1) is 0 Å². The molecule has 150 heavy (non-hydrogen) atoms. The van der Waals surface area contributed by atoms with Crippen molar-refractivity contribution in [2.24, 2.45) is 0 Å². The standard InChI is InChI=1S/3C45H25N5/c1-48-38-15-9-14-33(30-21-23-32(24-22-30)49-39-16-5-4-13-36(39)37-26-29(27-46)20-25-42(37)49)45(38)44-31(28-47)10-8-19-43(44)50-40-17-6-2-11-34(40)35-12-3-7-18-41(35)50;46-26-29-16-22-34(31-18-20-33(21-19-31)49-40-12-4-3-11-37(40)38-24-30(27-47)17-23-43(38)49)39(25-29)45-32(28-48)8-7-15-44(45)50-41-13-5-1-9-35(41)36-10-2-6-14-42(36)50;46-26-29-16-22-37(45-32(28-48)8-7-15-44(45)50-41-13-5-1-9-34(41)35-10-2-6-14-42(35)50)38(24-29)31-18-20-33(21-19-31)49-40-12-4-3-11-36(40)39-25-30(27-47)17-23-43(39)49/h2-26H;2*1-25H. The Morgan fingerprint density at radius 1 is 0.167 bits per heavy atom. The summed E-state index contributed by atoms with van der Waals surface area (Å²) in [5.41, 5.74) is 33.2. The SMILES string of the molecule is N#Cc1ccc(-c2c(C#N)cccc2-n2c3ccccc3c3ccccc32)c(-c2ccc(-n3c4ccccc4c4cc(C#N)ccc43)cc2)c1.N#Cc1ccc(-c2ccc(-n3c4ccccc4c4cc(C#N)ccc43)cc2)c(-c2c(C#N)cccc2-n2c3ccccc3c3ccccc32)c1.[C-]#[N+]c1cccc(-c2ccc(-n3c4ccccc4c4cc(C#N)ccc43)cc2)c1-c1c(C#N)cccc1-n1c2ccccc2c2ccccc21. The minimum Gasteiger partial charge on any atom is -0.309 e. The van der Waals surface area contributed by atoms with E-state index in [1.807, 2.05) is 249 Å². The van der Waals surface area contributed by atoms with Gasteiger partial charge in [0.2, 0.25) is 0 Å². The van der Waals surface area contributed by atoms with Crippen molar-refractivity contribution in [1.29, 1.82) is 42.1 Å². The van der Waals surface area contributed by atoms with Crippen LogP contribution in [0.3, 0.4) is 0 Å². The molecule has 27 rings (SSSR count). The smallest absolute Gasteiger partial charge is 0.195 e. The molecular weight excluding hydrogens is 1830 g/mol. The maximum absolute atomic E-state index is 10.5. The van der Waals surface area contributed by atoms with Gasteiger partial charge in [-0.3, -0.25) is 0 Å². The summed E-state index contributed by atoms with van der Waals surface area (Å²) in [5, 5.41) is 93.5. The van der Waals surface area contributed by atoms with E-state index < -0.39 is 0 Å².